The van der Waals surface area contributed by atoms with Crippen LogP contribution in [0.1, 0.15) is 15.9 Å². The molecular weight excluding hydrogens is 301 g/mol. The van der Waals surface area contributed by atoms with Crippen LogP contribution >= 0.6 is 23.4 Å². The van der Waals surface area contributed by atoms with E-state index >= 15 is 0 Å². The first kappa shape index (κ1) is 14.7. The molecule has 0 atom stereocenters. The number of anilines is 1. The van der Waals surface area contributed by atoms with Gasteiger partial charge < -0.3 is 10.8 Å². The Morgan fingerprint density at radius 2 is 2.05 bits per heavy atom. The fraction of sp³-hybridized carbons (Fsp3) is 0.0714. The largest absolute Gasteiger partial charge is 0.478 e. The average Bonchev–Trinajstić information content (AvgIpc) is 2.41. The Bertz CT molecular complexity index is 664. The molecule has 0 saturated heterocycles. The van der Waals surface area contributed by atoms with E-state index in [0.717, 1.165) is 11.0 Å². The summed E-state index contributed by atoms with van der Waals surface area (Å²) >= 11 is 7.26. The topological polar surface area (TPSA) is 63.3 Å². The molecule has 20 heavy (non-hydrogen) atoms. The SMILES string of the molecule is Nc1ccc(SCc2cc(C(=O)O)ccc2F)cc1Cl. The number of hydrogen-bond acceptors (Lipinski definition) is 3. The highest BCUT2D eigenvalue weighted by Gasteiger charge is 2.09. The maximum Gasteiger partial charge on any atom is 0.335 e. The number of nitrogen functional groups attached to an aromatic ring is 1. The fourth-order valence-electron chi connectivity index (χ4n) is 1.58. The quantitative estimate of drug-likeness (QED) is 0.660. The Kier molecular flexibility index (Phi) is 4.52. The lowest BCUT2D eigenvalue weighted by molar-refractivity contribution is 0.0696. The smallest absolute Gasteiger partial charge is 0.335 e. The molecule has 2 aromatic carbocycles. The Morgan fingerprint density at radius 3 is 2.70 bits per heavy atom. The summed E-state index contributed by atoms with van der Waals surface area (Å²) in [5, 5.41) is 9.33. The Hall–Kier alpha value is -1.72. The van der Waals surface area contributed by atoms with Crippen LogP contribution < -0.4 is 5.73 Å². The van der Waals surface area contributed by atoms with Gasteiger partial charge in [-0.15, -0.1) is 11.8 Å². The van der Waals surface area contributed by atoms with E-state index < -0.39 is 11.8 Å². The van der Waals surface area contributed by atoms with Crippen LogP contribution in [0.25, 0.3) is 0 Å². The second kappa shape index (κ2) is 6.15. The van der Waals surface area contributed by atoms with Crippen LogP contribution in [0, 0.1) is 5.82 Å². The lowest BCUT2D eigenvalue weighted by Gasteiger charge is -2.06. The lowest BCUT2D eigenvalue weighted by atomic mass is 10.1. The molecule has 0 aromatic heterocycles. The van der Waals surface area contributed by atoms with Crippen LogP contribution in [0.2, 0.25) is 5.02 Å². The zero-order valence-corrected chi connectivity index (χ0v) is 11.8. The third kappa shape index (κ3) is 3.43. The van der Waals surface area contributed by atoms with Crippen LogP contribution in [0.15, 0.2) is 41.3 Å². The number of carboxylic acid groups (broad SMARTS) is 1. The summed E-state index contributed by atoms with van der Waals surface area (Å²) in [7, 11) is 0. The number of nitrogens with two attached hydrogens (primary N) is 1. The zero-order chi connectivity index (χ0) is 14.7. The maximum absolute atomic E-state index is 13.6. The van der Waals surface area contributed by atoms with Crippen molar-refractivity contribution in [1.82, 2.24) is 0 Å². The Labute approximate surface area is 124 Å². The van der Waals surface area contributed by atoms with Crippen LogP contribution in [-0.4, -0.2) is 11.1 Å². The summed E-state index contributed by atoms with van der Waals surface area (Å²) in [6, 6.07) is 8.89. The molecule has 0 radical (unpaired) electrons. The number of carboxylic acids is 1. The molecule has 0 amide bonds. The van der Waals surface area contributed by atoms with Crippen LogP contribution in [0.4, 0.5) is 10.1 Å². The molecule has 0 fully saturated rings. The van der Waals surface area contributed by atoms with Gasteiger partial charge in [0, 0.05) is 10.6 Å². The summed E-state index contributed by atoms with van der Waals surface area (Å²) in [5.74, 6) is -1.19. The van der Waals surface area contributed by atoms with Gasteiger partial charge in [0.15, 0.2) is 0 Å². The van der Waals surface area contributed by atoms with Crippen molar-refractivity contribution in [2.75, 3.05) is 5.73 Å². The minimum Gasteiger partial charge on any atom is -0.478 e. The first-order valence-corrected chi connectivity index (χ1v) is 7.03. The highest BCUT2D eigenvalue weighted by molar-refractivity contribution is 7.98. The van der Waals surface area contributed by atoms with Crippen molar-refractivity contribution in [2.45, 2.75) is 10.6 Å². The van der Waals surface area contributed by atoms with Gasteiger partial charge in [0.1, 0.15) is 5.82 Å². The van der Waals surface area contributed by atoms with Gasteiger partial charge in [-0.2, -0.15) is 0 Å². The molecule has 0 aliphatic heterocycles. The molecule has 0 bridgehead atoms. The van der Waals surface area contributed by atoms with Gasteiger partial charge in [0.05, 0.1) is 16.3 Å². The zero-order valence-electron chi connectivity index (χ0n) is 10.3. The number of hydrogen-bond donors (Lipinski definition) is 2. The molecule has 0 saturated carbocycles. The maximum atomic E-state index is 13.6. The van der Waals surface area contributed by atoms with Crippen molar-refractivity contribution < 1.29 is 14.3 Å². The highest BCUT2D eigenvalue weighted by atomic mass is 35.5. The Morgan fingerprint density at radius 1 is 1.30 bits per heavy atom. The van der Waals surface area contributed by atoms with E-state index in [1.807, 2.05) is 0 Å². The molecule has 0 aliphatic carbocycles. The van der Waals surface area contributed by atoms with E-state index in [1.165, 1.54) is 23.9 Å². The Balaban J connectivity index is 2.15. The number of carbonyl (C=O) groups is 1. The predicted molar refractivity (Wildman–Crippen MR) is 78.8 cm³/mol. The van der Waals surface area contributed by atoms with Gasteiger partial charge >= 0.3 is 5.97 Å². The van der Waals surface area contributed by atoms with Gasteiger partial charge in [-0.05, 0) is 42.0 Å². The van der Waals surface area contributed by atoms with Crippen molar-refractivity contribution >= 4 is 35.0 Å². The summed E-state index contributed by atoms with van der Waals surface area (Å²) in [4.78, 5) is 11.7. The summed E-state index contributed by atoms with van der Waals surface area (Å²) in [5.41, 5.74) is 6.49. The van der Waals surface area contributed by atoms with Crippen molar-refractivity contribution in [2.24, 2.45) is 0 Å². The van der Waals surface area contributed by atoms with Crippen molar-refractivity contribution in [3.8, 4) is 0 Å². The monoisotopic (exact) mass is 311 g/mol. The first-order chi connectivity index (χ1) is 9.47. The molecule has 104 valence electrons. The van der Waals surface area contributed by atoms with Gasteiger partial charge in [-0.1, -0.05) is 11.6 Å². The lowest BCUT2D eigenvalue weighted by Crippen LogP contribution is -1.99. The molecule has 6 heteroatoms. The second-order valence-electron chi connectivity index (χ2n) is 4.08. The van der Waals surface area contributed by atoms with Crippen LogP contribution in [0.3, 0.4) is 0 Å². The van der Waals surface area contributed by atoms with E-state index in [1.54, 1.807) is 18.2 Å². The molecule has 3 nitrogen and oxygen atoms in total. The van der Waals surface area contributed by atoms with Crippen molar-refractivity contribution in [1.29, 1.82) is 0 Å². The molecule has 2 rings (SSSR count). The number of benzene rings is 2. The number of thioether (sulfide) groups is 1. The third-order valence-corrected chi connectivity index (χ3v) is 4.03. The number of halogens is 2. The van der Waals surface area contributed by atoms with E-state index in [0.29, 0.717) is 22.0 Å². The molecular formula is C14H11ClFNO2S. The van der Waals surface area contributed by atoms with Crippen molar-refractivity contribution in [3.05, 3.63) is 58.4 Å². The van der Waals surface area contributed by atoms with E-state index in [2.05, 4.69) is 0 Å². The molecule has 3 N–H and O–H groups in total. The molecule has 0 heterocycles. The van der Waals surface area contributed by atoms with E-state index in [-0.39, 0.29) is 5.56 Å². The fourth-order valence-corrected chi connectivity index (χ4v) is 2.73. The molecule has 0 unspecified atom stereocenters. The number of aromatic carboxylic acids is 1. The molecule has 0 spiro atoms. The van der Waals surface area contributed by atoms with Crippen LogP contribution in [-0.2, 0) is 5.75 Å². The minimum absolute atomic E-state index is 0.0670. The van der Waals surface area contributed by atoms with Gasteiger partial charge in [0.25, 0.3) is 0 Å². The molecule has 0 aliphatic rings. The summed E-state index contributed by atoms with van der Waals surface area (Å²) in [6.45, 7) is 0. The highest BCUT2D eigenvalue weighted by Crippen LogP contribution is 2.29. The van der Waals surface area contributed by atoms with Gasteiger partial charge in [-0.25, -0.2) is 9.18 Å². The van der Waals surface area contributed by atoms with E-state index in [4.69, 9.17) is 22.4 Å². The van der Waals surface area contributed by atoms with E-state index in [9.17, 15) is 9.18 Å². The summed E-state index contributed by atoms with van der Waals surface area (Å²) in [6.07, 6.45) is 0. The predicted octanol–water partition coefficient (Wildman–Crippen LogP) is 4.05. The average molecular weight is 312 g/mol. The third-order valence-electron chi connectivity index (χ3n) is 2.66. The van der Waals surface area contributed by atoms with Gasteiger partial charge in [0.2, 0.25) is 0 Å². The normalized spacial score (nSPS) is 10.5. The summed E-state index contributed by atoms with van der Waals surface area (Å²) < 4.78 is 13.6. The minimum atomic E-state index is -1.08. The van der Waals surface area contributed by atoms with Crippen LogP contribution in [0.5, 0.6) is 0 Å². The van der Waals surface area contributed by atoms with Gasteiger partial charge in [-0.3, -0.25) is 0 Å². The number of rotatable bonds is 4. The standard InChI is InChI=1S/C14H11ClFNO2S/c15-11-6-10(2-4-13(11)17)20-7-9-5-8(14(18)19)1-3-12(9)16/h1-6H,7,17H2,(H,18,19). The second-order valence-corrected chi connectivity index (χ2v) is 5.54. The first-order valence-electron chi connectivity index (χ1n) is 5.67. The molecule has 2 aromatic rings. The van der Waals surface area contributed by atoms with Crippen molar-refractivity contribution in [3.63, 3.8) is 0 Å².